The van der Waals surface area contributed by atoms with Crippen LogP contribution in [0.25, 0.3) is 0 Å². The smallest absolute Gasteiger partial charge is 0.168 e. The highest BCUT2D eigenvalue weighted by Crippen LogP contribution is 2.26. The average Bonchev–Trinajstić information content (AvgIpc) is 2.09. The molecule has 0 aliphatic carbocycles. The molecule has 1 N–H and O–H groups in total. The van der Waals surface area contributed by atoms with Gasteiger partial charge in [-0.2, -0.15) is 0 Å². The fourth-order valence-electron chi connectivity index (χ4n) is 1.23. The van der Waals surface area contributed by atoms with Gasteiger partial charge in [-0.15, -0.1) is 0 Å². The van der Waals surface area contributed by atoms with Crippen LogP contribution >= 0.6 is 15.9 Å². The molecule has 0 saturated heterocycles. The van der Waals surface area contributed by atoms with Crippen molar-refractivity contribution in [1.82, 2.24) is 0 Å². The van der Waals surface area contributed by atoms with Gasteiger partial charge in [-0.05, 0) is 24.6 Å². The van der Waals surface area contributed by atoms with E-state index in [1.165, 1.54) is 7.11 Å². The van der Waals surface area contributed by atoms with E-state index in [0.717, 1.165) is 4.47 Å². The van der Waals surface area contributed by atoms with Gasteiger partial charge in [0.1, 0.15) is 0 Å². The molecule has 0 heterocycles. The fourth-order valence-corrected chi connectivity index (χ4v) is 1.72. The maximum Gasteiger partial charge on any atom is 0.168 e. The lowest BCUT2D eigenvalue weighted by molar-refractivity contribution is 0.193. The Bertz CT molecular complexity index is 326. The first-order valence-corrected chi connectivity index (χ1v) is 5.04. The first-order valence-electron chi connectivity index (χ1n) is 4.24. The number of halogens is 2. The van der Waals surface area contributed by atoms with Crippen LogP contribution in [-0.2, 0) is 6.42 Å². The number of benzene rings is 1. The van der Waals surface area contributed by atoms with E-state index in [0.29, 0.717) is 5.56 Å². The number of hydrogen-bond acceptors (Lipinski definition) is 2. The molecule has 1 aromatic carbocycles. The summed E-state index contributed by atoms with van der Waals surface area (Å²) in [6, 6.07) is 3.20. The molecule has 1 atom stereocenters. The highest BCUT2D eigenvalue weighted by atomic mass is 79.9. The quantitative estimate of drug-likeness (QED) is 0.907. The number of aliphatic hydroxyl groups is 1. The summed E-state index contributed by atoms with van der Waals surface area (Å²) in [5, 5.41) is 9.16. The summed E-state index contributed by atoms with van der Waals surface area (Å²) in [4.78, 5) is 0. The molecule has 2 nitrogen and oxygen atoms in total. The van der Waals surface area contributed by atoms with Gasteiger partial charge in [0.05, 0.1) is 13.2 Å². The third-order valence-electron chi connectivity index (χ3n) is 1.81. The Morgan fingerprint density at radius 2 is 2.21 bits per heavy atom. The fraction of sp³-hybridized carbons (Fsp3) is 0.400. The Labute approximate surface area is 90.8 Å². The van der Waals surface area contributed by atoms with Crippen LogP contribution in [0, 0.1) is 5.82 Å². The van der Waals surface area contributed by atoms with Gasteiger partial charge in [0.25, 0.3) is 0 Å². The second-order valence-corrected chi connectivity index (χ2v) is 4.05. The minimum atomic E-state index is -0.566. The summed E-state index contributed by atoms with van der Waals surface area (Å²) in [6.07, 6.45) is -0.287. The van der Waals surface area contributed by atoms with Crippen LogP contribution in [0.3, 0.4) is 0 Å². The second-order valence-electron chi connectivity index (χ2n) is 3.13. The van der Waals surface area contributed by atoms with E-state index >= 15 is 0 Å². The van der Waals surface area contributed by atoms with Gasteiger partial charge in [0.2, 0.25) is 0 Å². The minimum absolute atomic E-state index is 0.190. The van der Waals surface area contributed by atoms with E-state index in [1.54, 1.807) is 19.1 Å². The molecule has 0 aromatic heterocycles. The molecule has 0 bridgehead atoms. The number of hydrogen-bond donors (Lipinski definition) is 1. The molecular weight excluding hydrogens is 251 g/mol. The highest BCUT2D eigenvalue weighted by molar-refractivity contribution is 9.10. The molecule has 0 aliphatic rings. The van der Waals surface area contributed by atoms with E-state index in [-0.39, 0.29) is 12.2 Å². The third-order valence-corrected chi connectivity index (χ3v) is 2.27. The lowest BCUT2D eigenvalue weighted by Gasteiger charge is -2.09. The van der Waals surface area contributed by atoms with Crippen molar-refractivity contribution >= 4 is 15.9 Å². The average molecular weight is 263 g/mol. The van der Waals surface area contributed by atoms with Crippen molar-refractivity contribution in [3.63, 3.8) is 0 Å². The van der Waals surface area contributed by atoms with E-state index in [1.807, 2.05) is 0 Å². The van der Waals surface area contributed by atoms with Gasteiger partial charge >= 0.3 is 0 Å². The molecule has 78 valence electrons. The summed E-state index contributed by atoms with van der Waals surface area (Å²) in [7, 11) is 1.41. The summed E-state index contributed by atoms with van der Waals surface area (Å²) in [6.45, 7) is 1.62. The molecule has 14 heavy (non-hydrogen) atoms. The van der Waals surface area contributed by atoms with Crippen LogP contribution in [0.2, 0.25) is 0 Å². The van der Waals surface area contributed by atoms with Crippen molar-refractivity contribution in [1.29, 1.82) is 0 Å². The number of rotatable bonds is 3. The van der Waals surface area contributed by atoms with Gasteiger partial charge in [0, 0.05) is 10.9 Å². The Kier molecular flexibility index (Phi) is 3.89. The Morgan fingerprint density at radius 1 is 1.57 bits per heavy atom. The third kappa shape index (κ3) is 2.69. The number of aliphatic hydroxyl groups excluding tert-OH is 1. The van der Waals surface area contributed by atoms with Crippen molar-refractivity contribution in [2.24, 2.45) is 0 Å². The first-order chi connectivity index (χ1) is 6.54. The zero-order valence-corrected chi connectivity index (χ0v) is 9.64. The van der Waals surface area contributed by atoms with Crippen LogP contribution < -0.4 is 4.74 Å². The Hall–Kier alpha value is -0.610. The van der Waals surface area contributed by atoms with Crippen molar-refractivity contribution in [2.45, 2.75) is 19.4 Å². The second kappa shape index (κ2) is 4.75. The van der Waals surface area contributed by atoms with E-state index < -0.39 is 11.9 Å². The van der Waals surface area contributed by atoms with Crippen molar-refractivity contribution < 1.29 is 14.2 Å². The standard InChI is InChI=1S/C10H12BrFO2/c1-6(13)3-7-4-8(11)5-9(14-2)10(7)12/h4-6,13H,3H2,1-2H3. The van der Waals surface area contributed by atoms with Gasteiger partial charge in [-0.25, -0.2) is 4.39 Å². The summed E-state index contributed by atoms with van der Waals surface area (Å²) < 4.78 is 19.2. The molecule has 0 saturated carbocycles. The van der Waals surface area contributed by atoms with Crippen LogP contribution in [0.4, 0.5) is 4.39 Å². The molecule has 0 aliphatic heterocycles. The molecule has 1 aromatic rings. The minimum Gasteiger partial charge on any atom is -0.494 e. The van der Waals surface area contributed by atoms with E-state index in [9.17, 15) is 4.39 Å². The normalized spacial score (nSPS) is 12.6. The van der Waals surface area contributed by atoms with Crippen molar-refractivity contribution in [3.05, 3.63) is 28.0 Å². The zero-order valence-electron chi connectivity index (χ0n) is 8.05. The molecule has 4 heteroatoms. The van der Waals surface area contributed by atoms with Crippen LogP contribution in [-0.4, -0.2) is 18.3 Å². The van der Waals surface area contributed by atoms with Crippen molar-refractivity contribution in [3.8, 4) is 5.75 Å². The highest BCUT2D eigenvalue weighted by Gasteiger charge is 2.12. The monoisotopic (exact) mass is 262 g/mol. The predicted octanol–water partition coefficient (Wildman–Crippen LogP) is 2.52. The van der Waals surface area contributed by atoms with Gasteiger partial charge in [0.15, 0.2) is 11.6 Å². The first kappa shape index (κ1) is 11.5. The van der Waals surface area contributed by atoms with Crippen LogP contribution in [0.15, 0.2) is 16.6 Å². The lowest BCUT2D eigenvalue weighted by atomic mass is 10.1. The van der Waals surface area contributed by atoms with Gasteiger partial charge < -0.3 is 9.84 Å². The molecule has 0 radical (unpaired) electrons. The maximum absolute atomic E-state index is 13.6. The molecule has 0 amide bonds. The summed E-state index contributed by atoms with van der Waals surface area (Å²) in [5.41, 5.74) is 0.450. The summed E-state index contributed by atoms with van der Waals surface area (Å²) in [5.74, 6) is -0.216. The molecular formula is C10H12BrFO2. The predicted molar refractivity (Wildman–Crippen MR) is 56.0 cm³/mol. The van der Waals surface area contributed by atoms with E-state index in [4.69, 9.17) is 9.84 Å². The van der Waals surface area contributed by atoms with Crippen molar-refractivity contribution in [2.75, 3.05) is 7.11 Å². The number of ether oxygens (including phenoxy) is 1. The van der Waals surface area contributed by atoms with Gasteiger partial charge in [-0.3, -0.25) is 0 Å². The molecule has 1 unspecified atom stereocenters. The largest absolute Gasteiger partial charge is 0.494 e. The van der Waals surface area contributed by atoms with E-state index in [2.05, 4.69) is 15.9 Å². The lowest BCUT2D eigenvalue weighted by Crippen LogP contribution is -2.07. The summed E-state index contributed by atoms with van der Waals surface area (Å²) >= 11 is 3.25. The Morgan fingerprint density at radius 3 is 2.71 bits per heavy atom. The molecule has 1 rings (SSSR count). The molecule has 0 fully saturated rings. The van der Waals surface area contributed by atoms with Gasteiger partial charge in [-0.1, -0.05) is 15.9 Å². The maximum atomic E-state index is 13.6. The van der Waals surface area contributed by atoms with Crippen LogP contribution in [0.5, 0.6) is 5.75 Å². The SMILES string of the molecule is COc1cc(Br)cc(CC(C)O)c1F. The number of methoxy groups -OCH3 is 1. The zero-order chi connectivity index (χ0) is 10.7. The topological polar surface area (TPSA) is 29.5 Å². The molecule has 0 spiro atoms. The Balaban J connectivity index is 3.08. The van der Waals surface area contributed by atoms with Crippen LogP contribution in [0.1, 0.15) is 12.5 Å².